The number of aromatic nitrogens is 2. The van der Waals surface area contributed by atoms with Crippen molar-refractivity contribution in [3.05, 3.63) is 75.8 Å². The van der Waals surface area contributed by atoms with Gasteiger partial charge in [-0.1, -0.05) is 54.1 Å². The van der Waals surface area contributed by atoms with Crippen molar-refractivity contribution in [2.45, 2.75) is 6.61 Å². The normalized spacial score (nSPS) is 17.5. The fourth-order valence-corrected chi connectivity index (χ4v) is 5.33. The molecule has 10 heteroatoms. The molecule has 0 unspecified atom stereocenters. The van der Waals surface area contributed by atoms with Gasteiger partial charge in [-0.3, -0.25) is 4.79 Å². The third-order valence-corrected chi connectivity index (χ3v) is 7.21. The number of piperazine rings is 1. The first kappa shape index (κ1) is 21.9. The molecule has 2 aliphatic rings. The summed E-state index contributed by atoms with van der Waals surface area (Å²) < 4.78 is 14.2. The molecular weight excluding hydrogens is 478 g/mol. The molecule has 0 N–H and O–H groups in total. The number of carbonyl (C=O) groups is 1. The van der Waals surface area contributed by atoms with Gasteiger partial charge in [-0.05, 0) is 41.1 Å². The maximum atomic E-state index is 12.5. The molecule has 0 radical (unpaired) electrons. The van der Waals surface area contributed by atoms with Gasteiger partial charge in [0.15, 0.2) is 16.1 Å². The molecule has 0 atom stereocenters. The van der Waals surface area contributed by atoms with Gasteiger partial charge < -0.3 is 14.5 Å². The molecule has 1 fully saturated rings. The van der Waals surface area contributed by atoms with Gasteiger partial charge in [-0.2, -0.15) is 13.7 Å². The zero-order valence-corrected chi connectivity index (χ0v) is 19.9. The van der Waals surface area contributed by atoms with Crippen LogP contribution in [0.25, 0.3) is 6.08 Å². The average Bonchev–Trinajstić information content (AvgIpc) is 3.44. The van der Waals surface area contributed by atoms with E-state index in [9.17, 15) is 4.79 Å². The zero-order valence-electron chi connectivity index (χ0n) is 17.6. The number of amides is 1. The van der Waals surface area contributed by atoms with Crippen molar-refractivity contribution in [1.29, 1.82) is 0 Å². The number of nitrogens with zero attached hydrogens (tertiary/aromatic N) is 5. The Hall–Kier alpha value is -2.88. The molecule has 3 heterocycles. The van der Waals surface area contributed by atoms with Crippen molar-refractivity contribution < 1.29 is 9.53 Å². The van der Waals surface area contributed by atoms with Crippen LogP contribution in [0.5, 0.6) is 5.75 Å². The van der Waals surface area contributed by atoms with Crippen molar-refractivity contribution in [3.8, 4) is 5.75 Å². The van der Waals surface area contributed by atoms with Crippen LogP contribution in [0.4, 0.5) is 5.82 Å². The second kappa shape index (κ2) is 9.94. The molecule has 0 spiro atoms. The summed E-state index contributed by atoms with van der Waals surface area (Å²) in [6.45, 7) is 3.47. The Morgan fingerprint density at radius 2 is 1.79 bits per heavy atom. The molecule has 168 valence electrons. The Bertz CT molecular complexity index is 1210. The minimum atomic E-state index is -0.209. The average molecular weight is 498 g/mol. The van der Waals surface area contributed by atoms with E-state index in [1.54, 1.807) is 0 Å². The number of anilines is 1. The number of hydrogen-bond acceptors (Lipinski definition) is 8. The van der Waals surface area contributed by atoms with E-state index in [1.807, 2.05) is 60.7 Å². The van der Waals surface area contributed by atoms with E-state index in [0.29, 0.717) is 16.7 Å². The second-order valence-corrected chi connectivity index (χ2v) is 9.41. The Morgan fingerprint density at radius 3 is 2.55 bits per heavy atom. The lowest BCUT2D eigenvalue weighted by Gasteiger charge is -2.35. The smallest absolute Gasteiger partial charge is 0.286 e. The van der Waals surface area contributed by atoms with Gasteiger partial charge in [0, 0.05) is 26.2 Å². The Labute approximate surface area is 205 Å². The number of halogens is 1. The van der Waals surface area contributed by atoms with E-state index in [1.165, 1.54) is 11.8 Å². The fourth-order valence-electron chi connectivity index (χ4n) is 3.59. The molecule has 0 aliphatic carbocycles. The van der Waals surface area contributed by atoms with Gasteiger partial charge in [0.25, 0.3) is 5.91 Å². The van der Waals surface area contributed by atoms with Gasteiger partial charge in [-0.25, -0.2) is 0 Å². The highest BCUT2D eigenvalue weighted by atomic mass is 35.5. The maximum Gasteiger partial charge on any atom is 0.286 e. The van der Waals surface area contributed by atoms with Gasteiger partial charge in [0.05, 0.1) is 16.6 Å². The Balaban J connectivity index is 1.20. The second-order valence-electron chi connectivity index (χ2n) is 7.51. The highest BCUT2D eigenvalue weighted by Crippen LogP contribution is 2.32. The summed E-state index contributed by atoms with van der Waals surface area (Å²) in [4.78, 5) is 21.7. The number of carbonyl (C=O) groups excluding carboxylic acids is 1. The summed E-state index contributed by atoms with van der Waals surface area (Å²) in [5.41, 5.74) is 2.01. The van der Waals surface area contributed by atoms with Crippen LogP contribution in [0.1, 0.15) is 11.1 Å². The monoisotopic (exact) mass is 497 g/mol. The number of thioether (sulfide) groups is 1. The molecule has 3 aromatic rings. The number of rotatable bonds is 5. The molecule has 1 aromatic heterocycles. The van der Waals surface area contributed by atoms with Gasteiger partial charge >= 0.3 is 0 Å². The summed E-state index contributed by atoms with van der Waals surface area (Å²) in [7, 11) is 0. The van der Waals surface area contributed by atoms with Crippen LogP contribution in [-0.2, 0) is 11.4 Å². The highest BCUT2D eigenvalue weighted by molar-refractivity contribution is 8.18. The summed E-state index contributed by atoms with van der Waals surface area (Å²) in [6.07, 6.45) is 1.87. The topological polar surface area (TPSA) is 70.9 Å². The van der Waals surface area contributed by atoms with Crippen molar-refractivity contribution >= 4 is 58.1 Å². The third-order valence-electron chi connectivity index (χ3n) is 5.30. The number of benzene rings is 2. The molecule has 0 bridgehead atoms. The van der Waals surface area contributed by atoms with Crippen LogP contribution in [0.15, 0.2) is 64.5 Å². The first-order valence-electron chi connectivity index (χ1n) is 10.4. The van der Waals surface area contributed by atoms with Crippen LogP contribution in [0, 0.1) is 0 Å². The number of hydrogen-bond donors (Lipinski definition) is 0. The van der Waals surface area contributed by atoms with E-state index >= 15 is 0 Å². The quantitative estimate of drug-likeness (QED) is 0.478. The standard InChI is InChI=1S/C23H20ClN5O2S2/c24-20-21(27-33-26-20)28-9-11-29(12-10-28)23-25-22(30)19(32-23)14-17-7-4-8-18(13-17)31-15-16-5-2-1-3-6-16/h1-8,13-14H,9-12,15H2. The Kier molecular flexibility index (Phi) is 6.61. The number of aliphatic imine (C=N–C) groups is 1. The van der Waals surface area contributed by atoms with Crippen molar-refractivity contribution in [2.24, 2.45) is 4.99 Å². The van der Waals surface area contributed by atoms with Crippen molar-refractivity contribution in [1.82, 2.24) is 13.6 Å². The van der Waals surface area contributed by atoms with Gasteiger partial charge in [0.2, 0.25) is 0 Å². The van der Waals surface area contributed by atoms with Crippen LogP contribution in [-0.4, -0.2) is 50.9 Å². The lowest BCUT2D eigenvalue weighted by Crippen LogP contribution is -2.48. The van der Waals surface area contributed by atoms with Crippen LogP contribution in [0.2, 0.25) is 5.15 Å². The molecule has 33 heavy (non-hydrogen) atoms. The third kappa shape index (κ3) is 5.21. The minimum absolute atomic E-state index is 0.209. The molecule has 7 nitrogen and oxygen atoms in total. The fraction of sp³-hybridized carbons (Fsp3) is 0.217. The van der Waals surface area contributed by atoms with Gasteiger partial charge in [0.1, 0.15) is 12.4 Å². The van der Waals surface area contributed by atoms with Crippen molar-refractivity contribution in [3.63, 3.8) is 0 Å². The molecule has 1 amide bonds. The van der Waals surface area contributed by atoms with E-state index in [4.69, 9.17) is 16.3 Å². The summed E-state index contributed by atoms with van der Waals surface area (Å²) in [5.74, 6) is 1.28. The SMILES string of the molecule is O=C1N=C(N2CCN(c3nsnc3Cl)CC2)SC1=Cc1cccc(OCc2ccccc2)c1. The molecule has 5 rings (SSSR count). The van der Waals surface area contributed by atoms with Crippen LogP contribution < -0.4 is 9.64 Å². The summed E-state index contributed by atoms with van der Waals surface area (Å²) >= 11 is 8.63. The lowest BCUT2D eigenvalue weighted by molar-refractivity contribution is -0.113. The highest BCUT2D eigenvalue weighted by Gasteiger charge is 2.29. The molecule has 1 saturated heterocycles. The zero-order chi connectivity index (χ0) is 22.6. The van der Waals surface area contributed by atoms with Crippen LogP contribution in [0.3, 0.4) is 0 Å². The van der Waals surface area contributed by atoms with Crippen LogP contribution >= 0.6 is 35.1 Å². The van der Waals surface area contributed by atoms with Crippen molar-refractivity contribution in [2.75, 3.05) is 31.1 Å². The molecule has 0 saturated carbocycles. The first-order chi connectivity index (χ1) is 16.2. The van der Waals surface area contributed by atoms with E-state index < -0.39 is 0 Å². The van der Waals surface area contributed by atoms with Gasteiger partial charge in [-0.15, -0.1) is 0 Å². The van der Waals surface area contributed by atoms with E-state index in [2.05, 4.69) is 23.5 Å². The number of amidine groups is 1. The summed E-state index contributed by atoms with van der Waals surface area (Å²) in [5, 5.41) is 1.18. The Morgan fingerprint density at radius 1 is 1.00 bits per heavy atom. The van der Waals surface area contributed by atoms with E-state index in [0.717, 1.165) is 65.8 Å². The molecular formula is C23H20ClN5O2S2. The van der Waals surface area contributed by atoms with E-state index in [-0.39, 0.29) is 5.91 Å². The molecule has 2 aliphatic heterocycles. The lowest BCUT2D eigenvalue weighted by atomic mass is 10.2. The largest absolute Gasteiger partial charge is 0.489 e. The maximum absolute atomic E-state index is 12.5. The molecule has 2 aromatic carbocycles. The summed E-state index contributed by atoms with van der Waals surface area (Å²) in [6, 6.07) is 17.8. The number of ether oxygens (including phenoxy) is 1. The minimum Gasteiger partial charge on any atom is -0.489 e. The first-order valence-corrected chi connectivity index (χ1v) is 12.4. The predicted molar refractivity (Wildman–Crippen MR) is 134 cm³/mol. The predicted octanol–water partition coefficient (Wildman–Crippen LogP) is 4.56.